The number of hydrogen-bond donors (Lipinski definition) is 1. The standard InChI is InChI=1S/C21H14F12N2O2/c1-34-16-7-4-13(10-15(16)19(25,26)27)35(11-17(22,23)24)8-9-37-14-5-2-12(3-6-14)18(36,20(28,29)30)21(31,32)33/h2-7,10,36H,8-9,11H2. The average molecular weight is 554 g/mol. The van der Waals surface area contributed by atoms with Crippen molar-refractivity contribution >= 4 is 11.4 Å². The zero-order valence-corrected chi connectivity index (χ0v) is 17.9. The highest BCUT2D eigenvalue weighted by Crippen LogP contribution is 2.50. The first kappa shape index (κ1) is 29.9. The lowest BCUT2D eigenvalue weighted by atomic mass is 9.92. The van der Waals surface area contributed by atoms with E-state index in [1.807, 2.05) is 0 Å². The van der Waals surface area contributed by atoms with Gasteiger partial charge in [0.2, 0.25) is 0 Å². The summed E-state index contributed by atoms with van der Waals surface area (Å²) in [5.74, 6) is -0.401. The second kappa shape index (κ2) is 10.2. The van der Waals surface area contributed by atoms with Gasteiger partial charge in [0.15, 0.2) is 5.69 Å². The number of ether oxygens (including phenoxy) is 1. The smallest absolute Gasteiger partial charge is 0.430 e. The van der Waals surface area contributed by atoms with E-state index in [1.54, 1.807) is 0 Å². The summed E-state index contributed by atoms with van der Waals surface area (Å²) in [6, 6.07) is 3.55. The molecular weight excluding hydrogens is 540 g/mol. The minimum Gasteiger partial charge on any atom is -0.492 e. The molecule has 2 rings (SSSR count). The van der Waals surface area contributed by atoms with Gasteiger partial charge in [-0.3, -0.25) is 0 Å². The molecule has 0 atom stereocenters. The van der Waals surface area contributed by atoms with E-state index in [4.69, 9.17) is 11.3 Å². The molecule has 37 heavy (non-hydrogen) atoms. The van der Waals surface area contributed by atoms with Crippen LogP contribution in [0.4, 0.5) is 64.1 Å². The predicted octanol–water partition coefficient (Wildman–Crippen LogP) is 7.02. The molecule has 0 aliphatic rings. The Balaban J connectivity index is 2.25. The van der Waals surface area contributed by atoms with Gasteiger partial charge in [-0.05, 0) is 24.3 Å². The number of rotatable bonds is 7. The molecule has 4 nitrogen and oxygen atoms in total. The summed E-state index contributed by atoms with van der Waals surface area (Å²) in [7, 11) is 0. The van der Waals surface area contributed by atoms with Crippen molar-refractivity contribution in [2.24, 2.45) is 0 Å². The highest BCUT2D eigenvalue weighted by Gasteiger charge is 2.71. The second-order valence-corrected chi connectivity index (χ2v) is 7.43. The fraction of sp³-hybridized carbons (Fsp3) is 0.381. The first-order chi connectivity index (χ1) is 16.7. The number of benzene rings is 2. The summed E-state index contributed by atoms with van der Waals surface area (Å²) in [5, 5.41) is 9.34. The molecule has 0 bridgehead atoms. The number of aliphatic hydroxyl groups is 1. The van der Waals surface area contributed by atoms with E-state index in [1.165, 1.54) is 0 Å². The number of halogens is 12. The van der Waals surface area contributed by atoms with Gasteiger partial charge in [-0.2, -0.15) is 52.7 Å². The maximum absolute atomic E-state index is 13.2. The summed E-state index contributed by atoms with van der Waals surface area (Å²) < 4.78 is 161. The van der Waals surface area contributed by atoms with Gasteiger partial charge in [0.05, 0.1) is 18.7 Å². The Morgan fingerprint density at radius 2 is 1.35 bits per heavy atom. The Morgan fingerprint density at radius 3 is 1.78 bits per heavy atom. The maximum atomic E-state index is 13.2. The topological polar surface area (TPSA) is 37.1 Å². The molecule has 0 spiro atoms. The van der Waals surface area contributed by atoms with Crippen molar-refractivity contribution in [1.82, 2.24) is 0 Å². The lowest BCUT2D eigenvalue weighted by Crippen LogP contribution is -2.53. The van der Waals surface area contributed by atoms with Gasteiger partial charge in [-0.25, -0.2) is 4.85 Å². The number of hydrogen-bond acceptors (Lipinski definition) is 3. The molecule has 0 amide bonds. The van der Waals surface area contributed by atoms with E-state index >= 15 is 0 Å². The molecule has 0 saturated heterocycles. The molecule has 204 valence electrons. The minimum absolute atomic E-state index is 0.252. The van der Waals surface area contributed by atoms with Gasteiger partial charge in [0.1, 0.15) is 18.9 Å². The van der Waals surface area contributed by atoms with Crippen LogP contribution in [0.1, 0.15) is 11.1 Å². The van der Waals surface area contributed by atoms with E-state index in [9.17, 15) is 57.8 Å². The zero-order valence-electron chi connectivity index (χ0n) is 17.9. The normalized spacial score (nSPS) is 13.3. The first-order valence-electron chi connectivity index (χ1n) is 9.70. The van der Waals surface area contributed by atoms with Crippen LogP contribution < -0.4 is 9.64 Å². The van der Waals surface area contributed by atoms with Crippen molar-refractivity contribution in [2.75, 3.05) is 24.6 Å². The highest BCUT2D eigenvalue weighted by molar-refractivity contribution is 5.62. The monoisotopic (exact) mass is 554 g/mol. The second-order valence-electron chi connectivity index (χ2n) is 7.43. The van der Waals surface area contributed by atoms with Crippen LogP contribution >= 0.6 is 0 Å². The average Bonchev–Trinajstić information content (AvgIpc) is 2.75. The van der Waals surface area contributed by atoms with Crippen LogP contribution in [0, 0.1) is 6.57 Å². The van der Waals surface area contributed by atoms with Crippen molar-refractivity contribution in [2.45, 2.75) is 30.3 Å². The summed E-state index contributed by atoms with van der Waals surface area (Å²) in [4.78, 5) is 3.11. The summed E-state index contributed by atoms with van der Waals surface area (Å²) in [6.07, 6.45) is -22.2. The van der Waals surface area contributed by atoms with E-state index in [0.717, 1.165) is 6.07 Å². The molecule has 0 unspecified atom stereocenters. The van der Waals surface area contributed by atoms with Crippen molar-refractivity contribution in [1.29, 1.82) is 0 Å². The van der Waals surface area contributed by atoms with Crippen LogP contribution in [-0.2, 0) is 11.8 Å². The summed E-state index contributed by atoms with van der Waals surface area (Å²) >= 11 is 0. The third-order valence-corrected chi connectivity index (χ3v) is 4.86. The minimum atomic E-state index is -6.14. The van der Waals surface area contributed by atoms with E-state index < -0.39 is 78.3 Å². The maximum Gasteiger partial charge on any atom is 0.430 e. The van der Waals surface area contributed by atoms with Gasteiger partial charge in [0.25, 0.3) is 5.60 Å². The van der Waals surface area contributed by atoms with Crippen molar-refractivity contribution in [3.05, 3.63) is 65.0 Å². The molecule has 0 radical (unpaired) electrons. The Morgan fingerprint density at radius 1 is 0.811 bits per heavy atom. The van der Waals surface area contributed by atoms with E-state index in [2.05, 4.69) is 4.85 Å². The molecule has 0 heterocycles. The third kappa shape index (κ3) is 6.90. The van der Waals surface area contributed by atoms with Crippen LogP contribution in [-0.4, -0.2) is 43.3 Å². The molecule has 0 aliphatic carbocycles. The Kier molecular flexibility index (Phi) is 8.23. The molecule has 16 heteroatoms. The van der Waals surface area contributed by atoms with Gasteiger partial charge in [-0.15, -0.1) is 0 Å². The van der Waals surface area contributed by atoms with Gasteiger partial charge < -0.3 is 14.7 Å². The van der Waals surface area contributed by atoms with Crippen LogP contribution in [0.25, 0.3) is 4.85 Å². The zero-order chi connectivity index (χ0) is 28.4. The lowest BCUT2D eigenvalue weighted by molar-refractivity contribution is -0.376. The fourth-order valence-electron chi connectivity index (χ4n) is 3.12. The molecular formula is C21H14F12N2O2. The number of anilines is 1. The lowest BCUT2D eigenvalue weighted by Gasteiger charge is -2.32. The van der Waals surface area contributed by atoms with Crippen LogP contribution in [0.2, 0.25) is 0 Å². The van der Waals surface area contributed by atoms with Gasteiger partial charge in [0, 0.05) is 11.3 Å². The fourth-order valence-corrected chi connectivity index (χ4v) is 3.12. The van der Waals surface area contributed by atoms with Crippen LogP contribution in [0.3, 0.4) is 0 Å². The highest BCUT2D eigenvalue weighted by atomic mass is 19.4. The van der Waals surface area contributed by atoms with Crippen molar-refractivity contribution in [3.8, 4) is 5.75 Å². The molecule has 0 aromatic heterocycles. The van der Waals surface area contributed by atoms with Crippen molar-refractivity contribution in [3.63, 3.8) is 0 Å². The van der Waals surface area contributed by atoms with Crippen molar-refractivity contribution < 1.29 is 62.5 Å². The molecule has 2 aromatic carbocycles. The molecule has 0 fully saturated rings. The first-order valence-corrected chi connectivity index (χ1v) is 9.70. The Hall–Kier alpha value is -3.35. The molecule has 1 N–H and O–H groups in total. The largest absolute Gasteiger partial charge is 0.492 e. The van der Waals surface area contributed by atoms with E-state index in [0.29, 0.717) is 29.2 Å². The van der Waals surface area contributed by atoms with Gasteiger partial charge >= 0.3 is 24.7 Å². The number of alkyl halides is 12. The van der Waals surface area contributed by atoms with E-state index in [-0.39, 0.29) is 12.1 Å². The number of nitrogens with zero attached hydrogens (tertiary/aromatic N) is 2. The van der Waals surface area contributed by atoms with Crippen LogP contribution in [0.15, 0.2) is 42.5 Å². The Labute approximate surface area is 200 Å². The third-order valence-electron chi connectivity index (χ3n) is 4.86. The van der Waals surface area contributed by atoms with Crippen LogP contribution in [0.5, 0.6) is 5.75 Å². The Bertz CT molecular complexity index is 1100. The summed E-state index contributed by atoms with van der Waals surface area (Å²) in [6.45, 7) is 3.64. The van der Waals surface area contributed by atoms with Gasteiger partial charge in [-0.1, -0.05) is 18.2 Å². The molecule has 0 saturated carbocycles. The molecule has 0 aliphatic heterocycles. The SMILES string of the molecule is [C-]#[N+]c1ccc(N(CCOc2ccc(C(O)(C(F)(F)F)C(F)(F)F)cc2)CC(F)(F)F)cc1C(F)(F)F. The predicted molar refractivity (Wildman–Crippen MR) is 104 cm³/mol. The molecule has 2 aromatic rings. The summed E-state index contributed by atoms with van der Waals surface area (Å²) in [5.41, 5.74) is -9.70. The quantitative estimate of drug-likeness (QED) is 0.296.